The highest BCUT2D eigenvalue weighted by molar-refractivity contribution is 9.10. The number of benzene rings is 2. The second-order valence-corrected chi connectivity index (χ2v) is 7.71. The van der Waals surface area contributed by atoms with E-state index in [1.807, 2.05) is 0 Å². The first kappa shape index (κ1) is 16.0. The van der Waals surface area contributed by atoms with Gasteiger partial charge in [-0.3, -0.25) is 0 Å². The Balaban J connectivity index is 2.07. The molecule has 21 heavy (non-hydrogen) atoms. The molecule has 2 rings (SSSR count). The highest BCUT2D eigenvalue weighted by atomic mass is 79.9. The van der Waals surface area contributed by atoms with Crippen molar-refractivity contribution in [3.05, 3.63) is 58.3 Å². The van der Waals surface area contributed by atoms with E-state index >= 15 is 0 Å². The van der Waals surface area contributed by atoms with Gasteiger partial charge in [-0.2, -0.15) is 0 Å². The highest BCUT2D eigenvalue weighted by Crippen LogP contribution is 2.18. The smallest absolute Gasteiger partial charge is 0.178 e. The summed E-state index contributed by atoms with van der Waals surface area (Å²) in [7, 11) is -3.19. The molecule has 0 radical (unpaired) electrons. The van der Waals surface area contributed by atoms with Crippen LogP contribution in [0.4, 0.5) is 10.1 Å². The fourth-order valence-corrected chi connectivity index (χ4v) is 3.03. The molecule has 0 fully saturated rings. The van der Waals surface area contributed by atoms with Crippen molar-refractivity contribution in [2.24, 2.45) is 0 Å². The van der Waals surface area contributed by atoms with E-state index in [2.05, 4.69) is 21.2 Å². The lowest BCUT2D eigenvalue weighted by Crippen LogP contribution is -2.05. The van der Waals surface area contributed by atoms with Crippen LogP contribution in [0.15, 0.2) is 51.8 Å². The molecule has 6 heteroatoms. The van der Waals surface area contributed by atoms with Crippen molar-refractivity contribution in [3.8, 4) is 0 Å². The number of rotatable bonds is 5. The van der Waals surface area contributed by atoms with Crippen molar-refractivity contribution in [2.45, 2.75) is 18.4 Å². The van der Waals surface area contributed by atoms with Gasteiger partial charge in [0.2, 0.25) is 0 Å². The van der Waals surface area contributed by atoms with Crippen LogP contribution in [0.1, 0.15) is 12.5 Å². The van der Waals surface area contributed by atoms with Gasteiger partial charge in [-0.1, -0.05) is 28.9 Å². The Bertz CT molecular complexity index is 730. The van der Waals surface area contributed by atoms with Crippen LogP contribution in [0.25, 0.3) is 0 Å². The molecule has 3 nitrogen and oxygen atoms in total. The fourth-order valence-electron chi connectivity index (χ4n) is 1.81. The number of hydrogen-bond donors (Lipinski definition) is 1. The monoisotopic (exact) mass is 371 g/mol. The lowest BCUT2D eigenvalue weighted by Gasteiger charge is -2.09. The molecule has 0 bridgehead atoms. The van der Waals surface area contributed by atoms with Gasteiger partial charge in [0.05, 0.1) is 10.6 Å². The van der Waals surface area contributed by atoms with Gasteiger partial charge in [0, 0.05) is 22.3 Å². The van der Waals surface area contributed by atoms with E-state index in [0.717, 1.165) is 5.69 Å². The lowest BCUT2D eigenvalue weighted by atomic mass is 10.2. The van der Waals surface area contributed by atoms with E-state index in [4.69, 9.17) is 0 Å². The molecular weight excluding hydrogens is 357 g/mol. The van der Waals surface area contributed by atoms with E-state index in [9.17, 15) is 12.8 Å². The minimum atomic E-state index is -3.19. The van der Waals surface area contributed by atoms with E-state index in [-0.39, 0.29) is 11.6 Å². The van der Waals surface area contributed by atoms with Gasteiger partial charge < -0.3 is 5.32 Å². The summed E-state index contributed by atoms with van der Waals surface area (Å²) in [4.78, 5) is 0.297. The molecule has 112 valence electrons. The van der Waals surface area contributed by atoms with E-state index in [1.54, 1.807) is 43.3 Å². The number of sulfone groups is 1. The molecule has 0 saturated heterocycles. The largest absolute Gasteiger partial charge is 0.381 e. The summed E-state index contributed by atoms with van der Waals surface area (Å²) in [5.74, 6) is -0.216. The molecule has 0 aliphatic heterocycles. The third-order valence-corrected chi connectivity index (χ3v) is 5.34. The molecule has 0 aromatic heterocycles. The quantitative estimate of drug-likeness (QED) is 0.863. The van der Waals surface area contributed by atoms with Gasteiger partial charge in [0.25, 0.3) is 0 Å². The number of anilines is 1. The van der Waals surface area contributed by atoms with E-state index in [1.165, 1.54) is 6.07 Å². The van der Waals surface area contributed by atoms with Gasteiger partial charge in [-0.05, 0) is 36.4 Å². The van der Waals surface area contributed by atoms with Crippen LogP contribution in [0.2, 0.25) is 0 Å². The molecular formula is C15H15BrFNO2S. The Morgan fingerprint density at radius 1 is 1.14 bits per heavy atom. The summed E-state index contributed by atoms with van der Waals surface area (Å²) in [5, 5.41) is 3.07. The third-order valence-electron chi connectivity index (χ3n) is 3.09. The Morgan fingerprint density at radius 3 is 2.38 bits per heavy atom. The van der Waals surface area contributed by atoms with Crippen LogP contribution in [0, 0.1) is 5.82 Å². The Labute approximate surface area is 132 Å². The third kappa shape index (κ3) is 4.04. The molecule has 0 amide bonds. The van der Waals surface area contributed by atoms with Crippen molar-refractivity contribution in [3.63, 3.8) is 0 Å². The SMILES string of the molecule is CCS(=O)(=O)c1ccc(NCc2ccc(Br)cc2F)cc1. The topological polar surface area (TPSA) is 46.2 Å². The number of hydrogen-bond acceptors (Lipinski definition) is 3. The zero-order valence-electron chi connectivity index (χ0n) is 11.4. The predicted octanol–water partition coefficient (Wildman–Crippen LogP) is 3.99. The molecule has 2 aromatic carbocycles. The second kappa shape index (κ2) is 6.58. The molecule has 1 N–H and O–H groups in total. The predicted molar refractivity (Wildman–Crippen MR) is 85.6 cm³/mol. The van der Waals surface area contributed by atoms with Gasteiger partial charge in [0.15, 0.2) is 9.84 Å². The zero-order valence-corrected chi connectivity index (χ0v) is 13.8. The van der Waals surface area contributed by atoms with Crippen molar-refractivity contribution in [2.75, 3.05) is 11.1 Å². The fraction of sp³-hybridized carbons (Fsp3) is 0.200. The normalized spacial score (nSPS) is 11.4. The summed E-state index contributed by atoms with van der Waals surface area (Å²) < 4.78 is 37.7. The van der Waals surface area contributed by atoms with Gasteiger partial charge >= 0.3 is 0 Å². The number of halogens is 2. The van der Waals surface area contributed by atoms with Crippen LogP contribution in [-0.2, 0) is 16.4 Å². The maximum atomic E-state index is 13.7. The average molecular weight is 372 g/mol. The van der Waals surface area contributed by atoms with E-state index < -0.39 is 9.84 Å². The van der Waals surface area contributed by atoms with Gasteiger partial charge in [0.1, 0.15) is 5.82 Å². The van der Waals surface area contributed by atoms with Crippen molar-refractivity contribution < 1.29 is 12.8 Å². The summed E-state index contributed by atoms with van der Waals surface area (Å²) in [6.45, 7) is 1.94. The molecule has 0 unspecified atom stereocenters. The summed E-state index contributed by atoms with van der Waals surface area (Å²) in [5.41, 5.74) is 1.29. The van der Waals surface area contributed by atoms with Crippen molar-refractivity contribution in [1.82, 2.24) is 0 Å². The Kier molecular flexibility index (Phi) is 5.00. The van der Waals surface area contributed by atoms with Crippen LogP contribution >= 0.6 is 15.9 Å². The molecule has 0 aliphatic carbocycles. The lowest BCUT2D eigenvalue weighted by molar-refractivity contribution is 0.597. The molecule has 0 spiro atoms. The molecule has 0 heterocycles. The number of nitrogens with one attached hydrogen (secondary N) is 1. The van der Waals surface area contributed by atoms with Crippen molar-refractivity contribution >= 4 is 31.5 Å². The zero-order chi connectivity index (χ0) is 15.5. The first-order valence-corrected chi connectivity index (χ1v) is 8.87. The maximum absolute atomic E-state index is 13.7. The first-order valence-electron chi connectivity index (χ1n) is 6.43. The molecule has 0 aliphatic rings. The van der Waals surface area contributed by atoms with Gasteiger partial charge in [-0.15, -0.1) is 0 Å². The van der Waals surface area contributed by atoms with Gasteiger partial charge in [-0.25, -0.2) is 12.8 Å². The Morgan fingerprint density at radius 2 is 1.81 bits per heavy atom. The van der Waals surface area contributed by atoms with Crippen LogP contribution in [-0.4, -0.2) is 14.2 Å². The van der Waals surface area contributed by atoms with Crippen molar-refractivity contribution in [1.29, 1.82) is 0 Å². The maximum Gasteiger partial charge on any atom is 0.178 e. The minimum absolute atomic E-state index is 0.0733. The molecule has 0 saturated carbocycles. The standard InChI is InChI=1S/C15H15BrFNO2S/c1-2-21(19,20)14-7-5-13(6-8-14)18-10-11-3-4-12(16)9-15(11)17/h3-9,18H,2,10H2,1H3. The second-order valence-electron chi connectivity index (χ2n) is 4.52. The average Bonchev–Trinajstić information content (AvgIpc) is 2.47. The van der Waals surface area contributed by atoms with E-state index in [0.29, 0.717) is 21.5 Å². The summed E-state index contributed by atoms with van der Waals surface area (Å²) >= 11 is 3.21. The van der Waals surface area contributed by atoms with Crippen LogP contribution in [0.3, 0.4) is 0 Å². The summed E-state index contributed by atoms with van der Waals surface area (Å²) in [6.07, 6.45) is 0. The highest BCUT2D eigenvalue weighted by Gasteiger charge is 2.10. The first-order chi connectivity index (χ1) is 9.92. The molecule has 0 atom stereocenters. The Hall–Kier alpha value is -1.40. The molecule has 2 aromatic rings. The minimum Gasteiger partial charge on any atom is -0.381 e. The van der Waals surface area contributed by atoms with Crippen LogP contribution in [0.5, 0.6) is 0 Å². The summed E-state index contributed by atoms with van der Waals surface area (Å²) in [6, 6.07) is 11.4. The van der Waals surface area contributed by atoms with Crippen LogP contribution < -0.4 is 5.32 Å².